The van der Waals surface area contributed by atoms with E-state index >= 15 is 0 Å². The highest BCUT2D eigenvalue weighted by Crippen LogP contribution is 2.18. The summed E-state index contributed by atoms with van der Waals surface area (Å²) in [6.45, 7) is 7.83. The van der Waals surface area contributed by atoms with Crippen molar-refractivity contribution in [3.8, 4) is 0 Å². The zero-order valence-corrected chi connectivity index (χ0v) is 14.6. The summed E-state index contributed by atoms with van der Waals surface area (Å²) in [6, 6.07) is 13.4. The highest BCUT2D eigenvalue weighted by Gasteiger charge is 2.14. The smallest absolute Gasteiger partial charge is 0.251 e. The number of amides is 2. The van der Waals surface area contributed by atoms with Gasteiger partial charge in [0.15, 0.2) is 0 Å². The minimum absolute atomic E-state index is 0.0393. The molecule has 0 saturated heterocycles. The lowest BCUT2D eigenvalue weighted by atomic mass is 10.00. The fourth-order valence-electron chi connectivity index (χ4n) is 2.68. The van der Waals surface area contributed by atoms with Crippen LogP contribution in [0.3, 0.4) is 0 Å². The van der Waals surface area contributed by atoms with E-state index in [1.807, 2.05) is 52.0 Å². The molecule has 0 spiro atoms. The molecular weight excluding hydrogens is 300 g/mol. The van der Waals surface area contributed by atoms with Gasteiger partial charge in [-0.25, -0.2) is 0 Å². The van der Waals surface area contributed by atoms with E-state index in [9.17, 15) is 9.59 Å². The third-order valence-electron chi connectivity index (χ3n) is 4.08. The van der Waals surface area contributed by atoms with Gasteiger partial charge in [0, 0.05) is 5.56 Å². The van der Waals surface area contributed by atoms with Gasteiger partial charge in [-0.15, -0.1) is 0 Å². The van der Waals surface area contributed by atoms with E-state index in [2.05, 4.69) is 22.8 Å². The molecule has 2 aromatic carbocycles. The number of carbonyl (C=O) groups is 2. The summed E-state index contributed by atoms with van der Waals surface area (Å²) in [5.74, 6) is -0.437. The van der Waals surface area contributed by atoms with Crippen molar-refractivity contribution in [2.24, 2.45) is 0 Å². The molecule has 0 aromatic heterocycles. The van der Waals surface area contributed by atoms with Crippen molar-refractivity contribution in [1.29, 1.82) is 0 Å². The summed E-state index contributed by atoms with van der Waals surface area (Å²) in [5.41, 5.74) is 4.86. The third kappa shape index (κ3) is 4.44. The first kappa shape index (κ1) is 17.7. The van der Waals surface area contributed by atoms with Crippen LogP contribution >= 0.6 is 0 Å². The molecule has 0 radical (unpaired) electrons. The van der Waals surface area contributed by atoms with E-state index in [4.69, 9.17) is 0 Å². The van der Waals surface area contributed by atoms with Crippen molar-refractivity contribution < 1.29 is 9.59 Å². The van der Waals surface area contributed by atoms with Gasteiger partial charge in [0.2, 0.25) is 5.91 Å². The first-order valence-electron chi connectivity index (χ1n) is 8.09. The van der Waals surface area contributed by atoms with Crippen LogP contribution in [-0.2, 0) is 4.79 Å². The normalized spacial score (nSPS) is 11.7. The van der Waals surface area contributed by atoms with Gasteiger partial charge >= 0.3 is 0 Å². The number of aryl methyl sites for hydroxylation is 3. The van der Waals surface area contributed by atoms with E-state index in [0.717, 1.165) is 22.3 Å². The van der Waals surface area contributed by atoms with Gasteiger partial charge < -0.3 is 10.6 Å². The fourth-order valence-corrected chi connectivity index (χ4v) is 2.68. The standard InChI is InChI=1S/C20H24N2O2/c1-13-9-10-15(3)18(11-13)16(4)22-19(23)12-21-20(24)17-8-6-5-7-14(17)2/h5-11,16H,12H2,1-4H3,(H,21,24)(H,22,23). The Labute approximate surface area is 143 Å². The van der Waals surface area contributed by atoms with Crippen LogP contribution in [0.15, 0.2) is 42.5 Å². The molecule has 0 heterocycles. The molecule has 2 amide bonds. The van der Waals surface area contributed by atoms with Crippen molar-refractivity contribution in [2.45, 2.75) is 33.7 Å². The molecule has 2 N–H and O–H groups in total. The van der Waals surface area contributed by atoms with E-state index in [-0.39, 0.29) is 24.4 Å². The number of benzene rings is 2. The number of carbonyl (C=O) groups excluding carboxylic acids is 2. The van der Waals surface area contributed by atoms with Crippen LogP contribution in [0, 0.1) is 20.8 Å². The number of hydrogen-bond acceptors (Lipinski definition) is 2. The van der Waals surface area contributed by atoms with Crippen LogP contribution in [0.1, 0.15) is 45.6 Å². The van der Waals surface area contributed by atoms with Gasteiger partial charge in [0.25, 0.3) is 5.91 Å². The Morgan fingerprint density at radius 1 is 1.00 bits per heavy atom. The highest BCUT2D eigenvalue weighted by atomic mass is 16.2. The lowest BCUT2D eigenvalue weighted by Crippen LogP contribution is -2.38. The van der Waals surface area contributed by atoms with Crippen molar-refractivity contribution in [3.05, 3.63) is 70.3 Å². The maximum atomic E-state index is 12.1. The zero-order chi connectivity index (χ0) is 17.7. The van der Waals surface area contributed by atoms with Crippen molar-refractivity contribution in [2.75, 3.05) is 6.54 Å². The average molecular weight is 324 g/mol. The van der Waals surface area contributed by atoms with Crippen molar-refractivity contribution in [1.82, 2.24) is 10.6 Å². The second kappa shape index (κ2) is 7.77. The van der Waals surface area contributed by atoms with E-state index < -0.39 is 0 Å². The van der Waals surface area contributed by atoms with Gasteiger partial charge in [0.1, 0.15) is 0 Å². The first-order valence-corrected chi connectivity index (χ1v) is 8.09. The Kier molecular flexibility index (Phi) is 5.74. The molecule has 4 heteroatoms. The Morgan fingerprint density at radius 3 is 2.42 bits per heavy atom. The van der Waals surface area contributed by atoms with Crippen molar-refractivity contribution in [3.63, 3.8) is 0 Å². The Morgan fingerprint density at radius 2 is 1.71 bits per heavy atom. The summed E-state index contributed by atoms with van der Waals surface area (Å²) in [4.78, 5) is 24.3. The fraction of sp³-hybridized carbons (Fsp3) is 0.300. The molecular formula is C20H24N2O2. The van der Waals surface area contributed by atoms with Crippen molar-refractivity contribution >= 4 is 11.8 Å². The molecule has 24 heavy (non-hydrogen) atoms. The Hall–Kier alpha value is -2.62. The SMILES string of the molecule is Cc1ccc(C)c(C(C)NC(=O)CNC(=O)c2ccccc2C)c1. The first-order chi connectivity index (χ1) is 11.4. The predicted octanol–water partition coefficient (Wildman–Crippen LogP) is 3.22. The number of nitrogens with one attached hydrogen (secondary N) is 2. The summed E-state index contributed by atoms with van der Waals surface area (Å²) >= 11 is 0. The third-order valence-corrected chi connectivity index (χ3v) is 4.08. The second-order valence-electron chi connectivity index (χ2n) is 6.15. The molecule has 126 valence electrons. The predicted molar refractivity (Wildman–Crippen MR) is 96.0 cm³/mol. The molecule has 1 unspecified atom stereocenters. The number of rotatable bonds is 5. The minimum atomic E-state index is -0.234. The van der Waals surface area contributed by atoms with Gasteiger partial charge in [-0.3, -0.25) is 9.59 Å². The summed E-state index contributed by atoms with van der Waals surface area (Å²) in [6.07, 6.45) is 0. The van der Waals surface area contributed by atoms with Crippen LogP contribution in [0.25, 0.3) is 0 Å². The molecule has 4 nitrogen and oxygen atoms in total. The average Bonchev–Trinajstić information content (AvgIpc) is 2.55. The van der Waals surface area contributed by atoms with Crippen LogP contribution in [0.4, 0.5) is 0 Å². The second-order valence-corrected chi connectivity index (χ2v) is 6.15. The lowest BCUT2D eigenvalue weighted by molar-refractivity contribution is -0.120. The quantitative estimate of drug-likeness (QED) is 0.887. The monoisotopic (exact) mass is 324 g/mol. The topological polar surface area (TPSA) is 58.2 Å². The summed E-state index contributed by atoms with van der Waals surface area (Å²) in [5, 5.41) is 5.60. The highest BCUT2D eigenvalue weighted by molar-refractivity contribution is 5.97. The largest absolute Gasteiger partial charge is 0.348 e. The van der Waals surface area contributed by atoms with Gasteiger partial charge in [0.05, 0.1) is 12.6 Å². The maximum absolute atomic E-state index is 12.1. The van der Waals surface area contributed by atoms with E-state index in [1.165, 1.54) is 0 Å². The molecule has 1 atom stereocenters. The zero-order valence-electron chi connectivity index (χ0n) is 14.6. The lowest BCUT2D eigenvalue weighted by Gasteiger charge is -2.17. The van der Waals surface area contributed by atoms with Crippen LogP contribution < -0.4 is 10.6 Å². The van der Waals surface area contributed by atoms with E-state index in [0.29, 0.717) is 5.56 Å². The molecule has 0 saturated carbocycles. The minimum Gasteiger partial charge on any atom is -0.348 e. The Balaban J connectivity index is 1.92. The molecule has 0 aliphatic carbocycles. The summed E-state index contributed by atoms with van der Waals surface area (Å²) in [7, 11) is 0. The molecule has 2 rings (SSSR count). The van der Waals surface area contributed by atoms with Gasteiger partial charge in [-0.2, -0.15) is 0 Å². The van der Waals surface area contributed by atoms with Gasteiger partial charge in [-0.1, -0.05) is 42.0 Å². The van der Waals surface area contributed by atoms with E-state index in [1.54, 1.807) is 6.07 Å². The molecule has 0 fully saturated rings. The van der Waals surface area contributed by atoms with Gasteiger partial charge in [-0.05, 0) is 50.5 Å². The maximum Gasteiger partial charge on any atom is 0.251 e. The van der Waals surface area contributed by atoms with Crippen LogP contribution in [0.2, 0.25) is 0 Å². The summed E-state index contributed by atoms with van der Waals surface area (Å²) < 4.78 is 0. The van der Waals surface area contributed by atoms with Crippen LogP contribution in [0.5, 0.6) is 0 Å². The Bertz CT molecular complexity index is 753. The number of hydrogen-bond donors (Lipinski definition) is 2. The molecule has 2 aromatic rings. The molecule has 0 aliphatic rings. The molecule has 0 aliphatic heterocycles. The van der Waals surface area contributed by atoms with Crippen LogP contribution in [-0.4, -0.2) is 18.4 Å². The molecule has 0 bridgehead atoms.